The molecule has 0 aliphatic heterocycles. The van der Waals surface area contributed by atoms with Gasteiger partial charge in [0.05, 0.1) is 11.1 Å². The van der Waals surface area contributed by atoms with Crippen molar-refractivity contribution >= 4 is 21.9 Å². The molecule has 0 amide bonds. The first-order valence-corrected chi connectivity index (χ1v) is 5.35. The molecule has 0 bridgehead atoms. The highest BCUT2D eigenvalue weighted by Crippen LogP contribution is 2.30. The lowest BCUT2D eigenvalue weighted by Crippen LogP contribution is -2.37. The molecule has 0 heterocycles. The van der Waals surface area contributed by atoms with E-state index in [0.29, 0.717) is 0 Å². The van der Waals surface area contributed by atoms with E-state index in [2.05, 4.69) is 25.4 Å². The molecule has 3 nitrogen and oxygen atoms in total. The molecule has 1 rings (SSSR count). The van der Waals surface area contributed by atoms with Crippen LogP contribution in [0.4, 0.5) is 13.2 Å². The van der Waals surface area contributed by atoms with Crippen molar-refractivity contribution in [2.75, 3.05) is 6.61 Å². The standard InChI is InChI=1S/C10H8BrF3O3/c1-2-16-9(15)10(13,14)17-8-5-6(12)3-4-7(8)11/h3-5H,2H2,1H3. The number of halogens is 4. The van der Waals surface area contributed by atoms with E-state index in [9.17, 15) is 18.0 Å². The number of benzene rings is 1. The van der Waals surface area contributed by atoms with Gasteiger partial charge in [-0.3, -0.25) is 0 Å². The molecule has 0 unspecified atom stereocenters. The molecule has 1 aromatic carbocycles. The summed E-state index contributed by atoms with van der Waals surface area (Å²) in [4.78, 5) is 10.9. The number of hydrogen-bond donors (Lipinski definition) is 0. The Balaban J connectivity index is 2.89. The molecular formula is C10H8BrF3O3. The molecule has 0 saturated heterocycles. The van der Waals surface area contributed by atoms with Crippen molar-refractivity contribution < 1.29 is 27.4 Å². The van der Waals surface area contributed by atoms with E-state index in [4.69, 9.17) is 0 Å². The SMILES string of the molecule is CCOC(=O)C(F)(F)Oc1cc(F)ccc1Br. The maximum atomic E-state index is 13.2. The number of esters is 1. The number of alkyl halides is 2. The fraction of sp³-hybridized carbons (Fsp3) is 0.300. The zero-order chi connectivity index (χ0) is 13.1. The van der Waals surface area contributed by atoms with Crippen LogP contribution in [0.25, 0.3) is 0 Å². The van der Waals surface area contributed by atoms with E-state index in [0.717, 1.165) is 12.1 Å². The van der Waals surface area contributed by atoms with Crippen molar-refractivity contribution in [2.24, 2.45) is 0 Å². The highest BCUT2D eigenvalue weighted by Gasteiger charge is 2.44. The summed E-state index contributed by atoms with van der Waals surface area (Å²) in [6, 6.07) is 2.97. The van der Waals surface area contributed by atoms with Crippen molar-refractivity contribution in [2.45, 2.75) is 13.0 Å². The Hall–Kier alpha value is -1.24. The van der Waals surface area contributed by atoms with Gasteiger partial charge >= 0.3 is 12.1 Å². The summed E-state index contributed by atoms with van der Waals surface area (Å²) in [6.45, 7) is 1.17. The summed E-state index contributed by atoms with van der Waals surface area (Å²) < 4.78 is 47.5. The van der Waals surface area contributed by atoms with Gasteiger partial charge in [-0.2, -0.15) is 8.78 Å². The molecule has 0 radical (unpaired) electrons. The molecule has 1 aromatic rings. The van der Waals surface area contributed by atoms with Crippen LogP contribution in [0, 0.1) is 5.82 Å². The molecular weight excluding hydrogens is 305 g/mol. The van der Waals surface area contributed by atoms with Crippen molar-refractivity contribution in [1.29, 1.82) is 0 Å². The Morgan fingerprint density at radius 2 is 2.12 bits per heavy atom. The van der Waals surface area contributed by atoms with Crippen LogP contribution in [-0.2, 0) is 9.53 Å². The Morgan fingerprint density at radius 1 is 1.47 bits per heavy atom. The average Bonchev–Trinajstić information content (AvgIpc) is 2.23. The Kier molecular flexibility index (Phi) is 4.39. The maximum Gasteiger partial charge on any atom is 0.502 e. The largest absolute Gasteiger partial charge is 0.502 e. The molecule has 0 aliphatic carbocycles. The Morgan fingerprint density at radius 3 is 2.71 bits per heavy atom. The number of rotatable bonds is 4. The van der Waals surface area contributed by atoms with Crippen LogP contribution in [-0.4, -0.2) is 18.7 Å². The van der Waals surface area contributed by atoms with Crippen LogP contribution in [0.15, 0.2) is 22.7 Å². The van der Waals surface area contributed by atoms with Crippen LogP contribution >= 0.6 is 15.9 Å². The minimum Gasteiger partial charge on any atom is -0.459 e. The first kappa shape index (κ1) is 13.8. The van der Waals surface area contributed by atoms with Gasteiger partial charge in [-0.05, 0) is 35.0 Å². The third-order valence-electron chi connectivity index (χ3n) is 1.64. The fourth-order valence-electron chi connectivity index (χ4n) is 0.950. The summed E-state index contributed by atoms with van der Waals surface area (Å²) >= 11 is 2.89. The zero-order valence-corrected chi connectivity index (χ0v) is 10.3. The Bertz CT molecular complexity index is 423. The number of hydrogen-bond acceptors (Lipinski definition) is 3. The fourth-order valence-corrected chi connectivity index (χ4v) is 1.28. The monoisotopic (exact) mass is 312 g/mol. The summed E-state index contributed by atoms with van der Waals surface area (Å²) in [6.07, 6.45) is -4.16. The van der Waals surface area contributed by atoms with Gasteiger partial charge in [0, 0.05) is 6.07 Å². The number of carbonyl (C=O) groups excluding carboxylic acids is 1. The lowest BCUT2D eigenvalue weighted by Gasteiger charge is -2.16. The molecule has 17 heavy (non-hydrogen) atoms. The zero-order valence-electron chi connectivity index (χ0n) is 8.68. The van der Waals surface area contributed by atoms with Gasteiger partial charge < -0.3 is 9.47 Å². The second kappa shape index (κ2) is 5.39. The summed E-state index contributed by atoms with van der Waals surface area (Å²) in [5.41, 5.74) is 0. The van der Waals surface area contributed by atoms with Gasteiger partial charge in [-0.1, -0.05) is 0 Å². The van der Waals surface area contributed by atoms with Crippen molar-refractivity contribution in [3.8, 4) is 5.75 Å². The van der Waals surface area contributed by atoms with Crippen LogP contribution in [0.2, 0.25) is 0 Å². The third kappa shape index (κ3) is 3.62. The molecule has 0 aromatic heterocycles. The predicted octanol–water partition coefficient (Wildman–Crippen LogP) is 3.12. The van der Waals surface area contributed by atoms with Crippen molar-refractivity contribution in [3.05, 3.63) is 28.5 Å². The first-order chi connectivity index (χ1) is 7.86. The summed E-state index contributed by atoms with van der Waals surface area (Å²) in [5.74, 6) is -3.07. The van der Waals surface area contributed by atoms with Gasteiger partial charge in [0.2, 0.25) is 0 Å². The van der Waals surface area contributed by atoms with E-state index in [1.807, 2.05) is 0 Å². The van der Waals surface area contributed by atoms with Crippen LogP contribution in [0.1, 0.15) is 6.92 Å². The lowest BCUT2D eigenvalue weighted by molar-refractivity contribution is -0.216. The van der Waals surface area contributed by atoms with E-state index in [1.165, 1.54) is 13.0 Å². The van der Waals surface area contributed by atoms with Gasteiger partial charge in [0.1, 0.15) is 11.6 Å². The number of carbonyl (C=O) groups is 1. The van der Waals surface area contributed by atoms with Crippen LogP contribution in [0.5, 0.6) is 5.75 Å². The Labute approximate surface area is 104 Å². The lowest BCUT2D eigenvalue weighted by atomic mass is 10.3. The molecule has 0 atom stereocenters. The normalized spacial score (nSPS) is 11.1. The van der Waals surface area contributed by atoms with Crippen LogP contribution in [0.3, 0.4) is 0 Å². The minimum absolute atomic E-state index is 0.0999. The van der Waals surface area contributed by atoms with Gasteiger partial charge in [-0.25, -0.2) is 9.18 Å². The van der Waals surface area contributed by atoms with E-state index >= 15 is 0 Å². The highest BCUT2D eigenvalue weighted by atomic mass is 79.9. The van der Waals surface area contributed by atoms with Crippen LogP contribution < -0.4 is 4.74 Å². The summed E-state index contributed by atoms with van der Waals surface area (Å²) in [7, 11) is 0. The summed E-state index contributed by atoms with van der Waals surface area (Å²) in [5, 5.41) is 0. The van der Waals surface area contributed by atoms with Crippen molar-refractivity contribution in [3.63, 3.8) is 0 Å². The topological polar surface area (TPSA) is 35.5 Å². The molecule has 0 aliphatic rings. The molecule has 0 spiro atoms. The number of ether oxygens (including phenoxy) is 2. The molecule has 7 heteroatoms. The highest BCUT2D eigenvalue weighted by molar-refractivity contribution is 9.10. The van der Waals surface area contributed by atoms with E-state index in [-0.39, 0.29) is 11.1 Å². The van der Waals surface area contributed by atoms with Gasteiger partial charge in [0.25, 0.3) is 0 Å². The molecule has 0 fully saturated rings. The molecule has 0 N–H and O–H groups in total. The smallest absolute Gasteiger partial charge is 0.459 e. The molecule has 0 saturated carbocycles. The second-order valence-corrected chi connectivity index (χ2v) is 3.77. The van der Waals surface area contributed by atoms with E-state index in [1.54, 1.807) is 0 Å². The molecule has 94 valence electrons. The van der Waals surface area contributed by atoms with Crippen molar-refractivity contribution in [1.82, 2.24) is 0 Å². The second-order valence-electron chi connectivity index (χ2n) is 2.91. The predicted molar refractivity (Wildman–Crippen MR) is 56.3 cm³/mol. The van der Waals surface area contributed by atoms with Gasteiger partial charge in [-0.15, -0.1) is 0 Å². The third-order valence-corrected chi connectivity index (χ3v) is 2.30. The van der Waals surface area contributed by atoms with E-state index < -0.39 is 23.6 Å². The van der Waals surface area contributed by atoms with Gasteiger partial charge in [0.15, 0.2) is 0 Å². The quantitative estimate of drug-likeness (QED) is 0.801. The first-order valence-electron chi connectivity index (χ1n) is 4.56. The minimum atomic E-state index is -4.16. The average molecular weight is 313 g/mol. The maximum absolute atomic E-state index is 13.2.